The zero-order chi connectivity index (χ0) is 15.3. The summed E-state index contributed by atoms with van der Waals surface area (Å²) in [4.78, 5) is 0.102. The molecule has 0 bridgehead atoms. The number of primary sulfonamides is 1. The van der Waals surface area contributed by atoms with Crippen LogP contribution in [-0.2, 0) is 16.4 Å². The first-order valence-electron chi connectivity index (χ1n) is 6.50. The number of hydrogen-bond acceptors (Lipinski definition) is 4. The number of benzene rings is 2. The van der Waals surface area contributed by atoms with Crippen LogP contribution in [0.5, 0.6) is 5.75 Å². The second-order valence-electron chi connectivity index (χ2n) is 4.53. The van der Waals surface area contributed by atoms with Crippen molar-refractivity contribution >= 4 is 15.7 Å². The van der Waals surface area contributed by atoms with E-state index in [0.29, 0.717) is 18.7 Å². The lowest BCUT2D eigenvalue weighted by atomic mass is 10.1. The number of para-hydroxylation sites is 2. The number of methoxy groups -OCH3 is 1. The number of rotatable bonds is 6. The third kappa shape index (κ3) is 3.96. The Balaban J connectivity index is 2.08. The van der Waals surface area contributed by atoms with Gasteiger partial charge in [-0.05, 0) is 30.2 Å². The van der Waals surface area contributed by atoms with Gasteiger partial charge in [0.2, 0.25) is 10.0 Å². The number of ether oxygens (including phenoxy) is 1. The topological polar surface area (TPSA) is 81.4 Å². The Morgan fingerprint density at radius 3 is 2.48 bits per heavy atom. The summed E-state index contributed by atoms with van der Waals surface area (Å²) < 4.78 is 28.3. The Labute approximate surface area is 124 Å². The predicted octanol–water partition coefficient (Wildman–Crippen LogP) is 2.00. The van der Waals surface area contributed by atoms with E-state index in [4.69, 9.17) is 9.88 Å². The molecule has 21 heavy (non-hydrogen) atoms. The van der Waals surface area contributed by atoms with Crippen LogP contribution in [0.2, 0.25) is 0 Å². The monoisotopic (exact) mass is 306 g/mol. The summed E-state index contributed by atoms with van der Waals surface area (Å²) in [7, 11) is -2.10. The van der Waals surface area contributed by atoms with Crippen molar-refractivity contribution in [3.63, 3.8) is 0 Å². The van der Waals surface area contributed by atoms with Crippen LogP contribution in [0.15, 0.2) is 53.4 Å². The normalized spacial score (nSPS) is 11.1. The number of nitrogens with one attached hydrogen (secondary N) is 1. The number of anilines is 1. The van der Waals surface area contributed by atoms with E-state index in [0.717, 1.165) is 11.3 Å². The van der Waals surface area contributed by atoms with Gasteiger partial charge >= 0.3 is 0 Å². The molecule has 0 heterocycles. The van der Waals surface area contributed by atoms with E-state index in [1.54, 1.807) is 25.3 Å². The highest BCUT2D eigenvalue weighted by atomic mass is 32.2. The average molecular weight is 306 g/mol. The summed E-state index contributed by atoms with van der Waals surface area (Å²) in [6.07, 6.45) is 0.711. The van der Waals surface area contributed by atoms with Crippen LogP contribution in [0.4, 0.5) is 5.69 Å². The van der Waals surface area contributed by atoms with E-state index in [1.165, 1.54) is 6.07 Å². The zero-order valence-electron chi connectivity index (χ0n) is 11.7. The Kier molecular flexibility index (Phi) is 4.82. The van der Waals surface area contributed by atoms with E-state index in [9.17, 15) is 8.42 Å². The van der Waals surface area contributed by atoms with Gasteiger partial charge in [-0.1, -0.05) is 30.3 Å². The minimum Gasteiger partial charge on any atom is -0.496 e. The van der Waals surface area contributed by atoms with E-state index < -0.39 is 10.0 Å². The largest absolute Gasteiger partial charge is 0.496 e. The van der Waals surface area contributed by atoms with Gasteiger partial charge in [0.05, 0.1) is 12.8 Å². The molecule has 0 radical (unpaired) electrons. The van der Waals surface area contributed by atoms with Crippen LogP contribution in [-0.4, -0.2) is 22.1 Å². The van der Waals surface area contributed by atoms with Crippen LogP contribution < -0.4 is 15.2 Å². The quantitative estimate of drug-likeness (QED) is 0.855. The van der Waals surface area contributed by atoms with E-state index in [-0.39, 0.29) is 4.90 Å². The number of sulfonamides is 1. The van der Waals surface area contributed by atoms with Crippen LogP contribution in [0, 0.1) is 0 Å². The van der Waals surface area contributed by atoms with Gasteiger partial charge in [-0.3, -0.25) is 0 Å². The summed E-state index contributed by atoms with van der Waals surface area (Å²) in [6.45, 7) is 0.576. The molecule has 5 nitrogen and oxygen atoms in total. The van der Waals surface area contributed by atoms with Crippen molar-refractivity contribution in [3.8, 4) is 5.75 Å². The Morgan fingerprint density at radius 1 is 1.10 bits per heavy atom. The third-order valence-corrected chi connectivity index (χ3v) is 4.06. The SMILES string of the molecule is COc1ccccc1CCNc1ccccc1S(N)(=O)=O. The summed E-state index contributed by atoms with van der Waals surface area (Å²) >= 11 is 0. The van der Waals surface area contributed by atoms with E-state index in [1.807, 2.05) is 24.3 Å². The van der Waals surface area contributed by atoms with Gasteiger partial charge in [0.1, 0.15) is 10.6 Å². The molecule has 0 fully saturated rings. The van der Waals surface area contributed by atoms with Crippen molar-refractivity contribution in [1.29, 1.82) is 0 Å². The zero-order valence-corrected chi connectivity index (χ0v) is 12.6. The maximum atomic E-state index is 11.5. The Morgan fingerprint density at radius 2 is 1.76 bits per heavy atom. The minimum absolute atomic E-state index is 0.102. The molecule has 3 N–H and O–H groups in total. The van der Waals surface area contributed by atoms with Crippen LogP contribution >= 0.6 is 0 Å². The van der Waals surface area contributed by atoms with Crippen LogP contribution in [0.25, 0.3) is 0 Å². The van der Waals surface area contributed by atoms with Crippen LogP contribution in [0.1, 0.15) is 5.56 Å². The maximum absolute atomic E-state index is 11.5. The van der Waals surface area contributed by atoms with Crippen molar-refractivity contribution in [2.24, 2.45) is 5.14 Å². The second kappa shape index (κ2) is 6.60. The molecule has 0 saturated heterocycles. The van der Waals surface area contributed by atoms with Gasteiger partial charge < -0.3 is 10.1 Å². The fourth-order valence-electron chi connectivity index (χ4n) is 2.10. The second-order valence-corrected chi connectivity index (χ2v) is 6.06. The minimum atomic E-state index is -3.73. The highest BCUT2D eigenvalue weighted by molar-refractivity contribution is 7.89. The molecule has 0 saturated carbocycles. The van der Waals surface area contributed by atoms with Crippen molar-refractivity contribution in [1.82, 2.24) is 0 Å². The van der Waals surface area contributed by atoms with Crippen molar-refractivity contribution in [2.45, 2.75) is 11.3 Å². The number of hydrogen-bond donors (Lipinski definition) is 2. The molecule has 0 unspecified atom stereocenters. The first kappa shape index (κ1) is 15.3. The molecular formula is C15H18N2O3S. The molecule has 0 atom stereocenters. The lowest BCUT2D eigenvalue weighted by Gasteiger charge is -2.12. The van der Waals surface area contributed by atoms with Crippen molar-refractivity contribution in [2.75, 3.05) is 19.0 Å². The maximum Gasteiger partial charge on any atom is 0.240 e. The summed E-state index contributed by atoms with van der Waals surface area (Å²) in [5, 5.41) is 8.30. The molecule has 0 spiro atoms. The van der Waals surface area contributed by atoms with E-state index >= 15 is 0 Å². The fraction of sp³-hybridized carbons (Fsp3) is 0.200. The smallest absolute Gasteiger partial charge is 0.240 e. The van der Waals surface area contributed by atoms with Gasteiger partial charge in [-0.2, -0.15) is 0 Å². The van der Waals surface area contributed by atoms with Gasteiger partial charge in [0.25, 0.3) is 0 Å². The first-order valence-corrected chi connectivity index (χ1v) is 8.04. The standard InChI is InChI=1S/C15H18N2O3S/c1-20-14-8-4-2-6-12(14)10-11-17-13-7-3-5-9-15(13)21(16,18)19/h2-9,17H,10-11H2,1H3,(H2,16,18,19). The molecule has 0 aliphatic rings. The lowest BCUT2D eigenvalue weighted by molar-refractivity contribution is 0.410. The summed E-state index contributed by atoms with van der Waals surface area (Å²) in [5.41, 5.74) is 1.57. The molecule has 2 rings (SSSR count). The number of nitrogens with two attached hydrogens (primary N) is 1. The molecule has 6 heteroatoms. The third-order valence-electron chi connectivity index (χ3n) is 3.10. The van der Waals surface area contributed by atoms with Crippen LogP contribution in [0.3, 0.4) is 0 Å². The van der Waals surface area contributed by atoms with Crippen molar-refractivity contribution in [3.05, 3.63) is 54.1 Å². The summed E-state index contributed by atoms with van der Waals surface area (Å²) in [5.74, 6) is 0.819. The Bertz CT molecular complexity index is 714. The molecule has 2 aromatic rings. The van der Waals surface area contributed by atoms with Gasteiger partial charge in [0, 0.05) is 6.54 Å². The van der Waals surface area contributed by atoms with Gasteiger partial charge in [0.15, 0.2) is 0 Å². The predicted molar refractivity (Wildman–Crippen MR) is 83.0 cm³/mol. The molecule has 0 amide bonds. The fourth-order valence-corrected chi connectivity index (χ4v) is 2.82. The molecule has 2 aromatic carbocycles. The molecule has 0 aliphatic heterocycles. The molecular weight excluding hydrogens is 288 g/mol. The average Bonchev–Trinajstić information content (AvgIpc) is 2.47. The molecule has 0 aliphatic carbocycles. The summed E-state index contributed by atoms with van der Waals surface area (Å²) in [6, 6.07) is 14.3. The lowest BCUT2D eigenvalue weighted by Crippen LogP contribution is -2.16. The first-order chi connectivity index (χ1) is 10.0. The van der Waals surface area contributed by atoms with Gasteiger partial charge in [-0.25, -0.2) is 13.6 Å². The highest BCUT2D eigenvalue weighted by Gasteiger charge is 2.12. The van der Waals surface area contributed by atoms with E-state index in [2.05, 4.69) is 5.32 Å². The highest BCUT2D eigenvalue weighted by Crippen LogP contribution is 2.21. The van der Waals surface area contributed by atoms with Crippen molar-refractivity contribution < 1.29 is 13.2 Å². The molecule has 0 aromatic heterocycles. The molecule has 112 valence electrons. The Hall–Kier alpha value is -2.05. The van der Waals surface area contributed by atoms with Gasteiger partial charge in [-0.15, -0.1) is 0 Å².